The first-order chi connectivity index (χ1) is 7.81. The Labute approximate surface area is 98.5 Å². The van der Waals surface area contributed by atoms with Crippen molar-refractivity contribution in [3.05, 3.63) is 29.1 Å². The molecule has 0 aliphatic heterocycles. The van der Waals surface area contributed by atoms with E-state index in [2.05, 4.69) is 10.3 Å². The molecule has 1 aliphatic carbocycles. The average Bonchev–Trinajstić information content (AvgIpc) is 2.81. The van der Waals surface area contributed by atoms with Gasteiger partial charge in [-0.1, -0.05) is 0 Å². The van der Waals surface area contributed by atoms with Crippen LogP contribution in [0.25, 0.3) is 10.6 Å². The number of thiazole rings is 1. The maximum Gasteiger partial charge on any atom is 0.145 e. The molecule has 2 aromatic rings. The SMILES string of the molecule is Cc1ccc(-c2cnc(CNC3CC3)s2)o1. The molecule has 1 saturated carbocycles. The molecule has 0 atom stereocenters. The van der Waals surface area contributed by atoms with E-state index >= 15 is 0 Å². The van der Waals surface area contributed by atoms with Gasteiger partial charge >= 0.3 is 0 Å². The number of nitrogens with zero attached hydrogens (tertiary/aromatic N) is 1. The average molecular weight is 234 g/mol. The van der Waals surface area contributed by atoms with Crippen molar-refractivity contribution in [1.82, 2.24) is 10.3 Å². The van der Waals surface area contributed by atoms with Gasteiger partial charge in [0.2, 0.25) is 0 Å². The van der Waals surface area contributed by atoms with Gasteiger partial charge < -0.3 is 9.73 Å². The van der Waals surface area contributed by atoms with Crippen LogP contribution in [-0.2, 0) is 6.54 Å². The molecule has 0 spiro atoms. The summed E-state index contributed by atoms with van der Waals surface area (Å²) in [6.07, 6.45) is 4.53. The van der Waals surface area contributed by atoms with E-state index in [1.165, 1.54) is 12.8 Å². The van der Waals surface area contributed by atoms with Crippen molar-refractivity contribution in [2.24, 2.45) is 0 Å². The second-order valence-electron chi connectivity index (χ2n) is 4.18. The van der Waals surface area contributed by atoms with E-state index in [-0.39, 0.29) is 0 Å². The number of nitrogens with one attached hydrogen (secondary N) is 1. The Kier molecular flexibility index (Phi) is 2.53. The summed E-state index contributed by atoms with van der Waals surface area (Å²) in [6, 6.07) is 4.72. The smallest absolute Gasteiger partial charge is 0.145 e. The van der Waals surface area contributed by atoms with E-state index in [1.807, 2.05) is 25.3 Å². The number of hydrogen-bond acceptors (Lipinski definition) is 4. The zero-order valence-electron chi connectivity index (χ0n) is 9.19. The van der Waals surface area contributed by atoms with Crippen molar-refractivity contribution in [3.63, 3.8) is 0 Å². The third-order valence-corrected chi connectivity index (χ3v) is 3.67. The Morgan fingerprint density at radius 1 is 1.50 bits per heavy atom. The highest BCUT2D eigenvalue weighted by Gasteiger charge is 2.20. The first-order valence-corrected chi connectivity index (χ1v) is 6.38. The summed E-state index contributed by atoms with van der Waals surface area (Å²) in [7, 11) is 0. The van der Waals surface area contributed by atoms with Crippen LogP contribution in [0.1, 0.15) is 23.6 Å². The predicted octanol–water partition coefficient (Wildman–Crippen LogP) is 2.96. The minimum atomic E-state index is 0.734. The highest BCUT2D eigenvalue weighted by atomic mass is 32.1. The zero-order valence-corrected chi connectivity index (χ0v) is 10.0. The molecule has 84 valence electrons. The summed E-state index contributed by atoms with van der Waals surface area (Å²) in [5.74, 6) is 1.87. The van der Waals surface area contributed by atoms with E-state index in [0.29, 0.717) is 0 Å². The first-order valence-electron chi connectivity index (χ1n) is 5.56. The summed E-state index contributed by atoms with van der Waals surface area (Å²) in [6.45, 7) is 2.84. The summed E-state index contributed by atoms with van der Waals surface area (Å²) in [5, 5.41) is 4.60. The fourth-order valence-corrected chi connectivity index (χ4v) is 2.42. The van der Waals surface area contributed by atoms with Crippen LogP contribution in [0, 0.1) is 6.92 Å². The lowest BCUT2D eigenvalue weighted by Crippen LogP contribution is -2.14. The van der Waals surface area contributed by atoms with Crippen molar-refractivity contribution >= 4 is 11.3 Å². The van der Waals surface area contributed by atoms with E-state index in [9.17, 15) is 0 Å². The van der Waals surface area contributed by atoms with Gasteiger partial charge in [0.25, 0.3) is 0 Å². The van der Waals surface area contributed by atoms with Gasteiger partial charge in [0, 0.05) is 18.8 Å². The molecule has 2 aromatic heterocycles. The Morgan fingerprint density at radius 3 is 3.06 bits per heavy atom. The van der Waals surface area contributed by atoms with Gasteiger partial charge in [-0.05, 0) is 31.9 Å². The van der Waals surface area contributed by atoms with Gasteiger partial charge in [-0.2, -0.15) is 0 Å². The van der Waals surface area contributed by atoms with Crippen molar-refractivity contribution in [1.29, 1.82) is 0 Å². The molecule has 0 saturated heterocycles. The van der Waals surface area contributed by atoms with Crippen LogP contribution >= 0.6 is 11.3 Å². The van der Waals surface area contributed by atoms with Crippen molar-refractivity contribution in [2.75, 3.05) is 0 Å². The first kappa shape index (κ1) is 10.1. The quantitative estimate of drug-likeness (QED) is 0.883. The maximum atomic E-state index is 5.57. The normalized spacial score (nSPS) is 15.6. The molecule has 0 aromatic carbocycles. The van der Waals surface area contributed by atoms with Crippen LogP contribution in [0.15, 0.2) is 22.7 Å². The molecule has 4 heteroatoms. The number of aromatic nitrogens is 1. The lowest BCUT2D eigenvalue weighted by molar-refractivity contribution is 0.549. The minimum Gasteiger partial charge on any atom is -0.460 e. The van der Waals surface area contributed by atoms with Crippen LogP contribution < -0.4 is 5.32 Å². The molecule has 3 rings (SSSR count). The van der Waals surface area contributed by atoms with Gasteiger partial charge in [0.1, 0.15) is 16.5 Å². The number of furan rings is 1. The predicted molar refractivity (Wildman–Crippen MR) is 64.4 cm³/mol. The van der Waals surface area contributed by atoms with Crippen LogP contribution in [0.3, 0.4) is 0 Å². The molecule has 0 bridgehead atoms. The summed E-state index contributed by atoms with van der Waals surface area (Å²) < 4.78 is 5.57. The second kappa shape index (κ2) is 4.03. The van der Waals surface area contributed by atoms with Crippen molar-refractivity contribution in [3.8, 4) is 10.6 Å². The van der Waals surface area contributed by atoms with E-state index in [0.717, 1.165) is 34.0 Å². The van der Waals surface area contributed by atoms with E-state index in [4.69, 9.17) is 4.42 Å². The molecular weight excluding hydrogens is 220 g/mol. The fraction of sp³-hybridized carbons (Fsp3) is 0.417. The fourth-order valence-electron chi connectivity index (χ4n) is 1.59. The molecule has 16 heavy (non-hydrogen) atoms. The van der Waals surface area contributed by atoms with Gasteiger partial charge in [-0.15, -0.1) is 11.3 Å². The maximum absolute atomic E-state index is 5.57. The number of hydrogen-bond donors (Lipinski definition) is 1. The molecule has 0 amide bonds. The van der Waals surface area contributed by atoms with E-state index in [1.54, 1.807) is 11.3 Å². The zero-order chi connectivity index (χ0) is 11.0. The minimum absolute atomic E-state index is 0.734. The summed E-state index contributed by atoms with van der Waals surface area (Å²) in [4.78, 5) is 5.51. The lowest BCUT2D eigenvalue weighted by Gasteiger charge is -1.96. The van der Waals surface area contributed by atoms with Crippen LogP contribution in [0.5, 0.6) is 0 Å². The molecule has 0 unspecified atom stereocenters. The monoisotopic (exact) mass is 234 g/mol. The van der Waals surface area contributed by atoms with Gasteiger partial charge in [0.15, 0.2) is 0 Å². The third kappa shape index (κ3) is 2.18. The molecule has 0 radical (unpaired) electrons. The Balaban J connectivity index is 1.71. The van der Waals surface area contributed by atoms with Gasteiger partial charge in [0.05, 0.1) is 4.88 Å². The van der Waals surface area contributed by atoms with Crippen LogP contribution in [-0.4, -0.2) is 11.0 Å². The molecule has 2 heterocycles. The van der Waals surface area contributed by atoms with Crippen LogP contribution in [0.4, 0.5) is 0 Å². The molecular formula is C12H14N2OS. The van der Waals surface area contributed by atoms with Crippen molar-refractivity contribution in [2.45, 2.75) is 32.4 Å². The second-order valence-corrected chi connectivity index (χ2v) is 5.30. The summed E-state index contributed by atoms with van der Waals surface area (Å²) in [5.41, 5.74) is 0. The molecule has 1 aliphatic rings. The standard InChI is InChI=1S/C12H14N2OS/c1-8-2-5-10(15-8)11-6-14-12(16-11)7-13-9-3-4-9/h2,5-6,9,13H,3-4,7H2,1H3. The Hall–Kier alpha value is -1.13. The van der Waals surface area contributed by atoms with Gasteiger partial charge in [-0.3, -0.25) is 0 Å². The molecule has 1 fully saturated rings. The number of aryl methyl sites for hydroxylation is 1. The summed E-state index contributed by atoms with van der Waals surface area (Å²) >= 11 is 1.70. The molecule has 1 N–H and O–H groups in total. The Morgan fingerprint density at radius 2 is 2.38 bits per heavy atom. The number of rotatable bonds is 4. The van der Waals surface area contributed by atoms with Crippen LogP contribution in [0.2, 0.25) is 0 Å². The third-order valence-electron chi connectivity index (χ3n) is 2.66. The lowest BCUT2D eigenvalue weighted by atomic mass is 10.4. The Bertz CT molecular complexity index is 485. The highest BCUT2D eigenvalue weighted by molar-refractivity contribution is 7.15. The van der Waals surface area contributed by atoms with E-state index < -0.39 is 0 Å². The largest absolute Gasteiger partial charge is 0.460 e. The highest BCUT2D eigenvalue weighted by Crippen LogP contribution is 2.28. The molecule has 3 nitrogen and oxygen atoms in total. The van der Waals surface area contributed by atoms with Crippen molar-refractivity contribution < 1.29 is 4.42 Å². The topological polar surface area (TPSA) is 38.1 Å². The van der Waals surface area contributed by atoms with Gasteiger partial charge in [-0.25, -0.2) is 4.98 Å².